The van der Waals surface area contributed by atoms with Gasteiger partial charge in [-0.2, -0.15) is 13.2 Å². The van der Waals surface area contributed by atoms with E-state index in [1.807, 2.05) is 9.80 Å². The Morgan fingerprint density at radius 1 is 1.09 bits per heavy atom. The van der Waals surface area contributed by atoms with Crippen LogP contribution in [0.25, 0.3) is 0 Å². The van der Waals surface area contributed by atoms with Crippen molar-refractivity contribution in [1.29, 1.82) is 0 Å². The van der Waals surface area contributed by atoms with Crippen LogP contribution in [0, 0.1) is 12.8 Å². The number of hydrogen-bond donors (Lipinski definition) is 0. The normalized spacial score (nSPS) is 18.7. The number of alkyl halides is 3. The average molecular weight is 495 g/mol. The van der Waals surface area contributed by atoms with E-state index >= 15 is 0 Å². The van der Waals surface area contributed by atoms with Crippen molar-refractivity contribution in [2.45, 2.75) is 38.9 Å². The first-order chi connectivity index (χ1) is 16.2. The lowest BCUT2D eigenvalue weighted by atomic mass is 9.95. The van der Waals surface area contributed by atoms with Gasteiger partial charge in [0, 0.05) is 57.9 Å². The lowest BCUT2D eigenvalue weighted by Gasteiger charge is -2.35. The minimum Gasteiger partial charge on any atom is -0.355 e. The number of amides is 1. The van der Waals surface area contributed by atoms with E-state index < -0.39 is 11.7 Å². The SMILES string of the molecule is Cc1ccccc1CN1CCCN(C(=O)C2CCN(c3ncc(C(F)(F)F)cc3Cl)CC2)CC1. The van der Waals surface area contributed by atoms with E-state index in [0.717, 1.165) is 51.4 Å². The molecule has 0 radical (unpaired) electrons. The lowest BCUT2D eigenvalue weighted by molar-refractivity contribution is -0.138. The molecule has 0 aliphatic carbocycles. The molecule has 1 aromatic carbocycles. The number of carbonyl (C=O) groups excluding carboxylic acids is 1. The molecule has 2 aromatic rings. The Labute approximate surface area is 203 Å². The molecule has 34 heavy (non-hydrogen) atoms. The monoisotopic (exact) mass is 494 g/mol. The van der Waals surface area contributed by atoms with E-state index in [9.17, 15) is 18.0 Å². The Morgan fingerprint density at radius 3 is 2.50 bits per heavy atom. The van der Waals surface area contributed by atoms with E-state index in [1.165, 1.54) is 11.1 Å². The number of aromatic nitrogens is 1. The largest absolute Gasteiger partial charge is 0.417 e. The molecule has 2 aliphatic heterocycles. The van der Waals surface area contributed by atoms with E-state index in [1.54, 1.807) is 0 Å². The van der Waals surface area contributed by atoms with Crippen LogP contribution in [0.4, 0.5) is 19.0 Å². The summed E-state index contributed by atoms with van der Waals surface area (Å²) in [7, 11) is 0. The second kappa shape index (κ2) is 10.5. The van der Waals surface area contributed by atoms with Gasteiger partial charge in [0.05, 0.1) is 10.6 Å². The third-order valence-corrected chi connectivity index (χ3v) is 7.13. The first-order valence-electron chi connectivity index (χ1n) is 11.8. The molecule has 3 heterocycles. The van der Waals surface area contributed by atoms with Crippen molar-refractivity contribution in [2.24, 2.45) is 5.92 Å². The molecule has 9 heteroatoms. The van der Waals surface area contributed by atoms with Gasteiger partial charge in [-0.1, -0.05) is 35.9 Å². The van der Waals surface area contributed by atoms with Crippen molar-refractivity contribution in [2.75, 3.05) is 44.2 Å². The minimum absolute atomic E-state index is 0.0131. The Kier molecular flexibility index (Phi) is 7.67. The van der Waals surface area contributed by atoms with Gasteiger partial charge in [0.25, 0.3) is 0 Å². The number of anilines is 1. The van der Waals surface area contributed by atoms with Gasteiger partial charge in [0.2, 0.25) is 5.91 Å². The first-order valence-corrected chi connectivity index (χ1v) is 12.1. The predicted octanol–water partition coefficient (Wildman–Crippen LogP) is 5.01. The summed E-state index contributed by atoms with van der Waals surface area (Å²) in [4.78, 5) is 23.4. The number of rotatable bonds is 4. The van der Waals surface area contributed by atoms with E-state index in [2.05, 4.69) is 41.1 Å². The zero-order valence-corrected chi connectivity index (χ0v) is 20.1. The first kappa shape index (κ1) is 24.8. The van der Waals surface area contributed by atoms with Crippen molar-refractivity contribution < 1.29 is 18.0 Å². The summed E-state index contributed by atoms with van der Waals surface area (Å²) < 4.78 is 38.6. The van der Waals surface area contributed by atoms with Crippen LogP contribution >= 0.6 is 11.6 Å². The van der Waals surface area contributed by atoms with Crippen LogP contribution in [0.2, 0.25) is 5.02 Å². The van der Waals surface area contributed by atoms with Crippen molar-refractivity contribution >= 4 is 23.3 Å². The molecule has 0 N–H and O–H groups in total. The molecule has 0 bridgehead atoms. The Hall–Kier alpha value is -2.32. The van der Waals surface area contributed by atoms with Crippen LogP contribution in [-0.2, 0) is 17.5 Å². The fourth-order valence-corrected chi connectivity index (χ4v) is 5.08. The summed E-state index contributed by atoms with van der Waals surface area (Å²) in [6.07, 6.45) is -1.43. The van der Waals surface area contributed by atoms with Gasteiger partial charge in [0.1, 0.15) is 5.82 Å². The topological polar surface area (TPSA) is 39.7 Å². The molecule has 2 fully saturated rings. The van der Waals surface area contributed by atoms with Crippen molar-refractivity contribution in [3.8, 4) is 0 Å². The number of pyridine rings is 1. The van der Waals surface area contributed by atoms with Crippen molar-refractivity contribution in [3.05, 3.63) is 58.2 Å². The lowest BCUT2D eigenvalue weighted by Crippen LogP contribution is -2.44. The predicted molar refractivity (Wildman–Crippen MR) is 127 cm³/mol. The molecule has 184 valence electrons. The molecule has 0 spiro atoms. The highest BCUT2D eigenvalue weighted by atomic mass is 35.5. The van der Waals surface area contributed by atoms with Crippen LogP contribution in [0.15, 0.2) is 36.5 Å². The maximum Gasteiger partial charge on any atom is 0.417 e. The van der Waals surface area contributed by atoms with Crippen LogP contribution in [0.1, 0.15) is 36.0 Å². The number of piperidine rings is 1. The van der Waals surface area contributed by atoms with Gasteiger partial charge < -0.3 is 9.80 Å². The van der Waals surface area contributed by atoms with Gasteiger partial charge >= 0.3 is 6.18 Å². The van der Waals surface area contributed by atoms with Gasteiger partial charge in [-0.15, -0.1) is 0 Å². The van der Waals surface area contributed by atoms with Gasteiger partial charge in [-0.25, -0.2) is 4.98 Å². The van der Waals surface area contributed by atoms with Crippen molar-refractivity contribution in [3.63, 3.8) is 0 Å². The Bertz CT molecular complexity index is 1010. The summed E-state index contributed by atoms with van der Waals surface area (Å²) in [5, 5.41) is -0.0131. The molecule has 0 unspecified atom stereocenters. The number of benzene rings is 1. The highest BCUT2D eigenvalue weighted by Crippen LogP contribution is 2.35. The zero-order chi connectivity index (χ0) is 24.3. The summed E-state index contributed by atoms with van der Waals surface area (Å²) >= 11 is 6.10. The second-order valence-electron chi connectivity index (χ2n) is 9.17. The fourth-order valence-electron chi connectivity index (χ4n) is 4.79. The quantitative estimate of drug-likeness (QED) is 0.599. The van der Waals surface area contributed by atoms with Crippen LogP contribution in [0.5, 0.6) is 0 Å². The molecular weight excluding hydrogens is 465 g/mol. The van der Waals surface area contributed by atoms with Gasteiger partial charge in [-0.3, -0.25) is 9.69 Å². The molecule has 1 aromatic heterocycles. The number of hydrogen-bond acceptors (Lipinski definition) is 4. The smallest absolute Gasteiger partial charge is 0.355 e. The maximum absolute atomic E-state index is 13.2. The molecule has 4 rings (SSSR count). The summed E-state index contributed by atoms with van der Waals surface area (Å²) in [6.45, 7) is 7.41. The summed E-state index contributed by atoms with van der Waals surface area (Å²) in [6, 6.07) is 9.32. The summed E-state index contributed by atoms with van der Waals surface area (Å²) in [5.41, 5.74) is 1.75. The van der Waals surface area contributed by atoms with Crippen LogP contribution in [0.3, 0.4) is 0 Å². The van der Waals surface area contributed by atoms with Gasteiger partial charge in [0.15, 0.2) is 0 Å². The standard InChI is InChI=1S/C25H30ClF3N4O/c1-18-5-2-3-6-20(18)17-31-9-4-10-33(14-13-31)24(34)19-7-11-32(12-8-19)23-22(26)15-21(16-30-23)25(27,28)29/h2-3,5-6,15-16,19H,4,7-14,17H2,1H3. The molecule has 2 aliphatic rings. The van der Waals surface area contributed by atoms with E-state index in [0.29, 0.717) is 31.7 Å². The molecule has 1 amide bonds. The molecule has 5 nitrogen and oxygen atoms in total. The van der Waals surface area contributed by atoms with Crippen LogP contribution in [-0.4, -0.2) is 60.0 Å². The Morgan fingerprint density at radius 2 is 1.82 bits per heavy atom. The average Bonchev–Trinajstić information content (AvgIpc) is 3.05. The van der Waals surface area contributed by atoms with Crippen molar-refractivity contribution in [1.82, 2.24) is 14.8 Å². The highest BCUT2D eigenvalue weighted by molar-refractivity contribution is 6.33. The van der Waals surface area contributed by atoms with E-state index in [-0.39, 0.29) is 16.8 Å². The highest BCUT2D eigenvalue weighted by Gasteiger charge is 2.34. The van der Waals surface area contributed by atoms with E-state index in [4.69, 9.17) is 11.6 Å². The minimum atomic E-state index is -4.47. The fraction of sp³-hybridized carbons (Fsp3) is 0.520. The summed E-state index contributed by atoms with van der Waals surface area (Å²) in [5.74, 6) is 0.457. The van der Waals surface area contributed by atoms with Gasteiger partial charge in [-0.05, 0) is 43.4 Å². The zero-order valence-electron chi connectivity index (χ0n) is 19.3. The number of nitrogens with zero attached hydrogens (tertiary/aromatic N) is 4. The van der Waals surface area contributed by atoms with Crippen LogP contribution < -0.4 is 4.90 Å². The molecule has 2 saturated heterocycles. The third-order valence-electron chi connectivity index (χ3n) is 6.85. The Balaban J connectivity index is 1.30. The molecule has 0 saturated carbocycles. The number of carbonyl (C=O) groups is 1. The molecular formula is C25H30ClF3N4O. The number of aryl methyl sites for hydroxylation is 1. The maximum atomic E-state index is 13.2. The molecule has 0 atom stereocenters. The third kappa shape index (κ3) is 5.84. The second-order valence-corrected chi connectivity index (χ2v) is 9.58. The number of halogens is 4.